The molecule has 0 radical (unpaired) electrons. The van der Waals surface area contributed by atoms with Crippen LogP contribution in [0.25, 0.3) is 0 Å². The molecule has 2 aliphatic rings. The molecular weight excluding hydrogens is 392 g/mol. The van der Waals surface area contributed by atoms with Gasteiger partial charge in [0.1, 0.15) is 11.3 Å². The number of aromatic hydroxyl groups is 1. The van der Waals surface area contributed by atoms with Crippen molar-refractivity contribution in [2.24, 2.45) is 0 Å². The number of nitrogens with zero attached hydrogens (tertiary/aromatic N) is 1. The van der Waals surface area contributed by atoms with Gasteiger partial charge in [-0.3, -0.25) is 4.79 Å². The number of pyridine rings is 1. The Morgan fingerprint density at radius 1 is 1.06 bits per heavy atom. The molecule has 1 aromatic rings. The smallest absolute Gasteiger partial charge is 0.343 e. The van der Waals surface area contributed by atoms with Crippen molar-refractivity contribution in [3.8, 4) is 5.75 Å². The van der Waals surface area contributed by atoms with E-state index in [2.05, 4.69) is 25.2 Å². The van der Waals surface area contributed by atoms with Crippen molar-refractivity contribution in [1.29, 1.82) is 0 Å². The van der Waals surface area contributed by atoms with Gasteiger partial charge in [0.25, 0.3) is 5.56 Å². The van der Waals surface area contributed by atoms with Gasteiger partial charge in [0, 0.05) is 23.5 Å². The predicted molar refractivity (Wildman–Crippen MR) is 125 cm³/mol. The van der Waals surface area contributed by atoms with Gasteiger partial charge in [0.2, 0.25) is 0 Å². The first-order chi connectivity index (χ1) is 14.8. The van der Waals surface area contributed by atoms with Crippen molar-refractivity contribution >= 4 is 5.97 Å². The van der Waals surface area contributed by atoms with Crippen LogP contribution < -0.4 is 10.9 Å². The molecule has 2 saturated carbocycles. The summed E-state index contributed by atoms with van der Waals surface area (Å²) in [6.07, 6.45) is 14.4. The fourth-order valence-corrected chi connectivity index (χ4v) is 4.69. The molecule has 6 heteroatoms. The summed E-state index contributed by atoms with van der Waals surface area (Å²) < 4.78 is 6.39. The van der Waals surface area contributed by atoms with E-state index in [-0.39, 0.29) is 28.5 Å². The van der Waals surface area contributed by atoms with Crippen molar-refractivity contribution in [3.63, 3.8) is 0 Å². The minimum Gasteiger partial charge on any atom is -0.506 e. The van der Waals surface area contributed by atoms with E-state index in [1.54, 1.807) is 18.4 Å². The highest BCUT2D eigenvalue weighted by atomic mass is 16.5. The van der Waals surface area contributed by atoms with Crippen LogP contribution in [-0.4, -0.2) is 28.8 Å². The first-order valence-corrected chi connectivity index (χ1v) is 11.7. The van der Waals surface area contributed by atoms with E-state index in [1.807, 2.05) is 0 Å². The van der Waals surface area contributed by atoms with Crippen LogP contribution in [0.15, 0.2) is 16.6 Å². The Hall–Kier alpha value is -2.24. The maximum absolute atomic E-state index is 12.4. The van der Waals surface area contributed by atoms with Crippen LogP contribution in [0.1, 0.15) is 106 Å². The van der Waals surface area contributed by atoms with Crippen molar-refractivity contribution in [1.82, 2.24) is 9.88 Å². The number of rotatable bonds is 4. The van der Waals surface area contributed by atoms with Gasteiger partial charge in [-0.05, 0) is 53.4 Å². The number of hydrogen-bond donors (Lipinski definition) is 2. The lowest BCUT2D eigenvalue weighted by Gasteiger charge is -2.27. The van der Waals surface area contributed by atoms with Crippen molar-refractivity contribution < 1.29 is 14.6 Å². The van der Waals surface area contributed by atoms with E-state index in [0.29, 0.717) is 5.69 Å². The molecular formula is C25H40N2O4. The monoisotopic (exact) mass is 432 g/mol. The van der Waals surface area contributed by atoms with Crippen LogP contribution in [0.4, 0.5) is 0 Å². The van der Waals surface area contributed by atoms with Gasteiger partial charge >= 0.3 is 5.97 Å². The van der Waals surface area contributed by atoms with Gasteiger partial charge in [-0.1, -0.05) is 44.6 Å². The molecule has 0 atom stereocenters. The minimum absolute atomic E-state index is 0.107. The Morgan fingerprint density at radius 3 is 2.13 bits per heavy atom. The molecule has 0 aliphatic heterocycles. The van der Waals surface area contributed by atoms with Gasteiger partial charge in [0.15, 0.2) is 0 Å². The molecule has 1 aromatic heterocycles. The van der Waals surface area contributed by atoms with Crippen LogP contribution in [0.2, 0.25) is 0 Å². The summed E-state index contributed by atoms with van der Waals surface area (Å²) in [5.74, 6) is -0.862. The Kier molecular flexibility index (Phi) is 9.66. The molecule has 31 heavy (non-hydrogen) atoms. The zero-order chi connectivity index (χ0) is 23.0. The number of ether oxygens (including phenoxy) is 1. The second kappa shape index (κ2) is 12.0. The summed E-state index contributed by atoms with van der Waals surface area (Å²) in [5, 5.41) is 13.6. The molecule has 0 unspecified atom stereocenters. The Balaban J connectivity index is 0.000000262. The number of methoxy groups -OCH3 is 1. The molecule has 0 spiro atoms. The van der Waals surface area contributed by atoms with Crippen molar-refractivity contribution in [2.45, 2.75) is 104 Å². The highest BCUT2D eigenvalue weighted by Gasteiger charge is 2.26. The first-order valence-electron chi connectivity index (χ1n) is 11.7. The summed E-state index contributed by atoms with van der Waals surface area (Å²) in [6.45, 7) is 7.48. The van der Waals surface area contributed by atoms with Gasteiger partial charge in [-0.2, -0.15) is 0 Å². The molecule has 2 aliphatic carbocycles. The second-order valence-electron chi connectivity index (χ2n) is 8.84. The van der Waals surface area contributed by atoms with Crippen molar-refractivity contribution in [2.75, 3.05) is 7.11 Å². The quantitative estimate of drug-likeness (QED) is 0.632. The van der Waals surface area contributed by atoms with E-state index in [1.165, 1.54) is 51.3 Å². The number of esters is 1. The van der Waals surface area contributed by atoms with Crippen LogP contribution in [-0.2, 0) is 4.74 Å². The van der Waals surface area contributed by atoms with Crippen molar-refractivity contribution in [3.05, 3.63) is 38.9 Å². The van der Waals surface area contributed by atoms with E-state index in [9.17, 15) is 14.7 Å². The SMILES string of the molecule is CC=C(C)NC1CCCCC1.COC(=O)c1c(O)c(C)c(=O)n(C2CCCCC2)c1C. The number of aromatic nitrogens is 1. The normalized spacial score (nSPS) is 18.2. The number of hydrogen-bond acceptors (Lipinski definition) is 5. The zero-order valence-corrected chi connectivity index (χ0v) is 19.9. The molecule has 174 valence electrons. The highest BCUT2D eigenvalue weighted by molar-refractivity contribution is 5.93. The lowest BCUT2D eigenvalue weighted by atomic mass is 9.94. The van der Waals surface area contributed by atoms with E-state index < -0.39 is 5.97 Å². The molecule has 6 nitrogen and oxygen atoms in total. The molecule has 2 fully saturated rings. The molecule has 0 saturated heterocycles. The second-order valence-corrected chi connectivity index (χ2v) is 8.84. The maximum Gasteiger partial charge on any atom is 0.343 e. The summed E-state index contributed by atoms with van der Waals surface area (Å²) in [5.41, 5.74) is 1.94. The predicted octanol–water partition coefficient (Wildman–Crippen LogP) is 5.29. The first kappa shape index (κ1) is 25.0. The van der Waals surface area contributed by atoms with E-state index >= 15 is 0 Å². The fourth-order valence-electron chi connectivity index (χ4n) is 4.69. The Morgan fingerprint density at radius 2 is 1.61 bits per heavy atom. The molecule has 0 amide bonds. The average Bonchev–Trinajstić information content (AvgIpc) is 2.79. The van der Waals surface area contributed by atoms with E-state index in [4.69, 9.17) is 4.74 Å². The largest absolute Gasteiger partial charge is 0.506 e. The van der Waals surface area contributed by atoms with Gasteiger partial charge in [0.05, 0.1) is 12.7 Å². The number of carbonyl (C=O) groups excluding carboxylic acids is 1. The molecule has 0 aromatic carbocycles. The highest BCUT2D eigenvalue weighted by Crippen LogP contribution is 2.31. The average molecular weight is 433 g/mol. The standard InChI is InChI=1S/C15H21NO4.C10H19N/c1-9-13(17)12(15(19)20-3)10(2)16(14(9)18)11-7-5-4-6-8-11;1-3-9(2)11-10-7-5-4-6-8-10/h11,17H,4-8H2,1-3H3;3,10-11H,4-8H2,1-2H3. The van der Waals surface area contributed by atoms with Gasteiger partial charge in [-0.15, -0.1) is 0 Å². The minimum atomic E-state index is -0.604. The molecule has 0 bridgehead atoms. The van der Waals surface area contributed by atoms with Crippen LogP contribution in [0.3, 0.4) is 0 Å². The lowest BCUT2D eigenvalue weighted by molar-refractivity contribution is 0.0594. The Bertz CT molecular complexity index is 829. The number of carbonyl (C=O) groups is 1. The van der Waals surface area contributed by atoms with Crippen LogP contribution >= 0.6 is 0 Å². The maximum atomic E-state index is 12.4. The lowest BCUT2D eigenvalue weighted by Crippen LogP contribution is -2.31. The molecule has 3 rings (SSSR count). The third kappa shape index (κ3) is 6.37. The summed E-state index contributed by atoms with van der Waals surface area (Å²) in [7, 11) is 1.27. The van der Waals surface area contributed by atoms with E-state index in [0.717, 1.165) is 31.7 Å². The number of nitrogens with one attached hydrogen (secondary N) is 1. The third-order valence-corrected chi connectivity index (χ3v) is 6.65. The number of allylic oxidation sites excluding steroid dienone is 2. The summed E-state index contributed by atoms with van der Waals surface area (Å²) in [4.78, 5) is 24.3. The topological polar surface area (TPSA) is 80.6 Å². The van der Waals surface area contributed by atoms with Crippen LogP contribution in [0.5, 0.6) is 5.75 Å². The van der Waals surface area contributed by atoms with Crippen LogP contribution in [0, 0.1) is 13.8 Å². The third-order valence-electron chi connectivity index (χ3n) is 6.65. The summed E-state index contributed by atoms with van der Waals surface area (Å²) in [6, 6.07) is 0.874. The summed E-state index contributed by atoms with van der Waals surface area (Å²) >= 11 is 0. The van der Waals surface area contributed by atoms with Gasteiger partial charge < -0.3 is 19.7 Å². The Labute approximate surface area is 186 Å². The zero-order valence-electron chi connectivity index (χ0n) is 19.9. The fraction of sp³-hybridized carbons (Fsp3) is 0.680. The van der Waals surface area contributed by atoms with Gasteiger partial charge in [-0.25, -0.2) is 4.79 Å². The molecule has 2 N–H and O–H groups in total. The molecule has 1 heterocycles.